The maximum atomic E-state index is 12.4. The molecule has 21 heavy (non-hydrogen) atoms. The number of nitrogens with one attached hydrogen (secondary N) is 1. The van der Waals surface area contributed by atoms with Crippen molar-refractivity contribution >= 4 is 22.7 Å². The molecule has 0 aromatic heterocycles. The second-order valence-corrected chi connectivity index (χ2v) is 7.27. The lowest BCUT2D eigenvalue weighted by atomic mass is 10.0. The van der Waals surface area contributed by atoms with Gasteiger partial charge in [-0.25, -0.2) is 4.79 Å². The number of carboxylic acids is 1. The van der Waals surface area contributed by atoms with Gasteiger partial charge >= 0.3 is 5.97 Å². The first kappa shape index (κ1) is 17.4. The fourth-order valence-electron chi connectivity index (χ4n) is 1.58. The van der Waals surface area contributed by atoms with Gasteiger partial charge in [-0.1, -0.05) is 13.0 Å². The van der Waals surface area contributed by atoms with E-state index in [9.17, 15) is 13.8 Å². The lowest BCUT2D eigenvalue weighted by Gasteiger charge is -2.26. The van der Waals surface area contributed by atoms with Gasteiger partial charge in [0.2, 0.25) is 5.91 Å². The van der Waals surface area contributed by atoms with Crippen molar-refractivity contribution in [1.29, 1.82) is 0 Å². The van der Waals surface area contributed by atoms with Gasteiger partial charge in [0.15, 0.2) is 0 Å². The van der Waals surface area contributed by atoms with E-state index in [0.717, 1.165) is 6.42 Å². The Morgan fingerprint density at radius 2 is 2.00 bits per heavy atom. The first-order chi connectivity index (χ1) is 9.68. The van der Waals surface area contributed by atoms with Gasteiger partial charge < -0.3 is 10.4 Å². The number of hydrogen-bond acceptors (Lipinski definition) is 3. The summed E-state index contributed by atoms with van der Waals surface area (Å²) in [7, 11) is -1.60. The summed E-state index contributed by atoms with van der Waals surface area (Å²) in [6.07, 6.45) is 0.757. The number of carbonyl (C=O) groups is 2. The van der Waals surface area contributed by atoms with Crippen molar-refractivity contribution in [3.05, 3.63) is 29.8 Å². The summed E-state index contributed by atoms with van der Waals surface area (Å²) >= 11 is 0. The molecular weight excluding hydrogens is 290 g/mol. The zero-order chi connectivity index (χ0) is 16.2. The number of rotatable bonds is 6. The third-order valence-corrected chi connectivity index (χ3v) is 4.92. The SMILES string of the molecule is CCC(C)(C)NC(=O)C(C)S(=O)c1cccc(C(=O)O)c1. The number of aromatic carboxylic acids is 1. The second-order valence-electron chi connectivity index (χ2n) is 5.50. The van der Waals surface area contributed by atoms with Crippen LogP contribution in [0.25, 0.3) is 0 Å². The second kappa shape index (κ2) is 6.85. The van der Waals surface area contributed by atoms with Crippen LogP contribution in [-0.2, 0) is 15.6 Å². The number of carboxylic acid groups (broad SMARTS) is 1. The molecule has 0 saturated carbocycles. The van der Waals surface area contributed by atoms with Gasteiger partial charge in [0, 0.05) is 10.4 Å². The minimum absolute atomic E-state index is 0.0577. The van der Waals surface area contributed by atoms with Crippen LogP contribution in [0.4, 0.5) is 0 Å². The van der Waals surface area contributed by atoms with E-state index in [1.807, 2.05) is 20.8 Å². The number of hydrogen-bond donors (Lipinski definition) is 2. The van der Waals surface area contributed by atoms with Crippen LogP contribution in [0.3, 0.4) is 0 Å². The maximum Gasteiger partial charge on any atom is 0.335 e. The number of benzene rings is 1. The molecule has 2 atom stereocenters. The molecule has 1 aromatic carbocycles. The predicted octanol–water partition coefficient (Wildman–Crippen LogP) is 2.19. The summed E-state index contributed by atoms with van der Waals surface area (Å²) in [6.45, 7) is 7.32. The molecule has 0 radical (unpaired) electrons. The fraction of sp³-hybridized carbons (Fsp3) is 0.467. The van der Waals surface area contributed by atoms with Gasteiger partial charge in [0.05, 0.1) is 16.4 Å². The first-order valence-corrected chi connectivity index (χ1v) is 7.95. The monoisotopic (exact) mass is 311 g/mol. The fourth-order valence-corrected chi connectivity index (χ4v) is 2.70. The zero-order valence-corrected chi connectivity index (χ0v) is 13.5. The van der Waals surface area contributed by atoms with E-state index in [-0.39, 0.29) is 17.0 Å². The third kappa shape index (κ3) is 4.67. The third-order valence-electron chi connectivity index (χ3n) is 3.35. The van der Waals surface area contributed by atoms with Crippen LogP contribution in [0, 0.1) is 0 Å². The van der Waals surface area contributed by atoms with E-state index in [4.69, 9.17) is 5.11 Å². The quantitative estimate of drug-likeness (QED) is 0.843. The minimum Gasteiger partial charge on any atom is -0.478 e. The Hall–Kier alpha value is -1.69. The van der Waals surface area contributed by atoms with Gasteiger partial charge in [-0.2, -0.15) is 0 Å². The van der Waals surface area contributed by atoms with Crippen molar-refractivity contribution in [2.24, 2.45) is 0 Å². The summed E-state index contributed by atoms with van der Waals surface area (Å²) in [5, 5.41) is 11.0. The molecule has 116 valence electrons. The highest BCUT2D eigenvalue weighted by Crippen LogP contribution is 2.15. The Kier molecular flexibility index (Phi) is 5.66. The van der Waals surface area contributed by atoms with Gasteiger partial charge in [0.25, 0.3) is 0 Å². The van der Waals surface area contributed by atoms with Crippen LogP contribution in [0.5, 0.6) is 0 Å². The normalized spacial score (nSPS) is 14.3. The van der Waals surface area contributed by atoms with E-state index in [0.29, 0.717) is 4.90 Å². The smallest absolute Gasteiger partial charge is 0.335 e. The Morgan fingerprint density at radius 3 is 2.52 bits per heavy atom. The molecule has 0 saturated heterocycles. The first-order valence-electron chi connectivity index (χ1n) is 6.74. The van der Waals surface area contributed by atoms with Crippen LogP contribution in [0.1, 0.15) is 44.5 Å². The average molecular weight is 311 g/mol. The standard InChI is InChI=1S/C15H21NO4S/c1-5-15(3,4)16-13(17)10(2)21(20)12-8-6-7-11(9-12)14(18)19/h6-10H,5H2,1-4H3,(H,16,17)(H,18,19). The molecule has 0 bridgehead atoms. The Labute approximate surface area is 127 Å². The lowest BCUT2D eigenvalue weighted by molar-refractivity contribution is -0.121. The highest BCUT2D eigenvalue weighted by Gasteiger charge is 2.26. The number of amides is 1. The summed E-state index contributed by atoms with van der Waals surface area (Å²) < 4.78 is 12.4. The molecule has 0 aliphatic carbocycles. The molecule has 2 N–H and O–H groups in total. The molecule has 0 spiro atoms. The maximum absolute atomic E-state index is 12.4. The Bertz CT molecular complexity index is 569. The van der Waals surface area contributed by atoms with Crippen molar-refractivity contribution < 1.29 is 18.9 Å². The van der Waals surface area contributed by atoms with Crippen molar-refractivity contribution in [2.75, 3.05) is 0 Å². The molecule has 1 rings (SSSR count). The molecule has 6 heteroatoms. The molecule has 0 aliphatic rings. The van der Waals surface area contributed by atoms with Crippen molar-refractivity contribution in [2.45, 2.75) is 49.8 Å². The van der Waals surface area contributed by atoms with Crippen LogP contribution in [0.2, 0.25) is 0 Å². The van der Waals surface area contributed by atoms with Gasteiger partial charge in [-0.05, 0) is 45.4 Å². The molecule has 1 aromatic rings. The van der Waals surface area contributed by atoms with Crippen LogP contribution in [0.15, 0.2) is 29.2 Å². The van der Waals surface area contributed by atoms with E-state index in [2.05, 4.69) is 5.32 Å². The predicted molar refractivity (Wildman–Crippen MR) is 81.8 cm³/mol. The molecule has 5 nitrogen and oxygen atoms in total. The van der Waals surface area contributed by atoms with Crippen molar-refractivity contribution in [1.82, 2.24) is 5.32 Å². The molecule has 0 aliphatic heterocycles. The molecule has 1 amide bonds. The van der Waals surface area contributed by atoms with Crippen molar-refractivity contribution in [3.63, 3.8) is 0 Å². The summed E-state index contributed by atoms with van der Waals surface area (Å²) in [5.74, 6) is -1.39. The van der Waals surface area contributed by atoms with Crippen molar-refractivity contribution in [3.8, 4) is 0 Å². The topological polar surface area (TPSA) is 83.5 Å². The number of carbonyl (C=O) groups excluding carboxylic acids is 1. The Morgan fingerprint density at radius 1 is 1.38 bits per heavy atom. The van der Waals surface area contributed by atoms with Gasteiger partial charge in [0.1, 0.15) is 5.25 Å². The van der Waals surface area contributed by atoms with E-state index < -0.39 is 22.0 Å². The van der Waals surface area contributed by atoms with Crippen LogP contribution in [-0.4, -0.2) is 32.0 Å². The largest absolute Gasteiger partial charge is 0.478 e. The van der Waals surface area contributed by atoms with Crippen LogP contribution < -0.4 is 5.32 Å². The van der Waals surface area contributed by atoms with E-state index >= 15 is 0 Å². The highest BCUT2D eigenvalue weighted by atomic mass is 32.2. The van der Waals surface area contributed by atoms with E-state index in [1.165, 1.54) is 18.2 Å². The molecule has 0 fully saturated rings. The highest BCUT2D eigenvalue weighted by molar-refractivity contribution is 7.86. The van der Waals surface area contributed by atoms with Gasteiger partial charge in [-0.15, -0.1) is 0 Å². The summed E-state index contributed by atoms with van der Waals surface area (Å²) in [5.41, 5.74) is -0.305. The zero-order valence-electron chi connectivity index (χ0n) is 12.7. The Balaban J connectivity index is 2.90. The summed E-state index contributed by atoms with van der Waals surface area (Å²) in [6, 6.07) is 5.86. The minimum atomic E-state index is -1.60. The average Bonchev–Trinajstić information content (AvgIpc) is 2.45. The lowest BCUT2D eigenvalue weighted by Crippen LogP contribution is -2.47. The molecule has 0 heterocycles. The van der Waals surface area contributed by atoms with E-state index in [1.54, 1.807) is 13.0 Å². The van der Waals surface area contributed by atoms with Gasteiger partial charge in [-0.3, -0.25) is 9.00 Å². The summed E-state index contributed by atoms with van der Waals surface area (Å²) in [4.78, 5) is 23.4. The molecular formula is C15H21NO4S. The van der Waals surface area contributed by atoms with Crippen LogP contribution >= 0.6 is 0 Å². The molecule has 2 unspecified atom stereocenters.